The second-order valence-electron chi connectivity index (χ2n) is 4.74. The predicted molar refractivity (Wildman–Crippen MR) is 72.3 cm³/mol. The average Bonchev–Trinajstić information content (AvgIpc) is 2.96. The van der Waals surface area contributed by atoms with E-state index in [1.165, 1.54) is 7.11 Å². The van der Waals surface area contributed by atoms with E-state index in [9.17, 15) is 9.59 Å². The molecular formula is C13H20N4O3. The first kappa shape index (κ1) is 14.5. The Bertz CT molecular complexity index is 478. The molecule has 110 valence electrons. The lowest BCUT2D eigenvalue weighted by Crippen LogP contribution is -2.51. The van der Waals surface area contributed by atoms with Crippen LogP contribution in [0.15, 0.2) is 6.07 Å². The van der Waals surface area contributed by atoms with Gasteiger partial charge in [0.2, 0.25) is 5.91 Å². The Labute approximate surface area is 117 Å². The molecule has 1 fully saturated rings. The van der Waals surface area contributed by atoms with Crippen LogP contribution in [0.5, 0.6) is 0 Å². The lowest BCUT2D eigenvalue weighted by atomic mass is 10.2. The maximum atomic E-state index is 12.2. The molecule has 0 atom stereocenters. The van der Waals surface area contributed by atoms with Gasteiger partial charge in [-0.25, -0.2) is 0 Å². The third kappa shape index (κ3) is 3.16. The van der Waals surface area contributed by atoms with Gasteiger partial charge in [0.1, 0.15) is 12.3 Å². The molecule has 1 N–H and O–H groups in total. The number of H-pyrrole nitrogens is 1. The zero-order chi connectivity index (χ0) is 14.5. The number of aryl methyl sites for hydroxylation is 1. The summed E-state index contributed by atoms with van der Waals surface area (Å²) >= 11 is 0. The molecular weight excluding hydrogens is 260 g/mol. The number of nitrogens with one attached hydrogen (secondary N) is 1. The Balaban J connectivity index is 1.90. The van der Waals surface area contributed by atoms with Crippen LogP contribution in [0.1, 0.15) is 23.1 Å². The summed E-state index contributed by atoms with van der Waals surface area (Å²) in [6.45, 7) is 4.23. The van der Waals surface area contributed by atoms with Crippen LogP contribution in [0, 0.1) is 0 Å². The van der Waals surface area contributed by atoms with Crippen molar-refractivity contribution in [1.29, 1.82) is 0 Å². The monoisotopic (exact) mass is 280 g/mol. The number of piperazine rings is 1. The number of carbonyl (C=O) groups is 2. The lowest BCUT2D eigenvalue weighted by molar-refractivity contribution is -0.136. The number of hydrogen-bond acceptors (Lipinski definition) is 4. The van der Waals surface area contributed by atoms with Gasteiger partial charge >= 0.3 is 0 Å². The van der Waals surface area contributed by atoms with E-state index < -0.39 is 0 Å². The summed E-state index contributed by atoms with van der Waals surface area (Å²) < 4.78 is 4.83. The van der Waals surface area contributed by atoms with E-state index >= 15 is 0 Å². The molecule has 1 saturated heterocycles. The van der Waals surface area contributed by atoms with Gasteiger partial charge in [0.15, 0.2) is 0 Å². The van der Waals surface area contributed by atoms with Crippen LogP contribution in [0.25, 0.3) is 0 Å². The van der Waals surface area contributed by atoms with E-state index in [0.29, 0.717) is 31.9 Å². The topological polar surface area (TPSA) is 78.5 Å². The van der Waals surface area contributed by atoms with Crippen LogP contribution in [-0.2, 0) is 16.0 Å². The fraction of sp³-hybridized carbons (Fsp3) is 0.615. The van der Waals surface area contributed by atoms with Crippen molar-refractivity contribution in [1.82, 2.24) is 20.0 Å². The van der Waals surface area contributed by atoms with Crippen LogP contribution in [0.3, 0.4) is 0 Å². The third-order valence-corrected chi connectivity index (χ3v) is 3.42. The van der Waals surface area contributed by atoms with Crippen LogP contribution < -0.4 is 0 Å². The highest BCUT2D eigenvalue weighted by Gasteiger charge is 2.25. The van der Waals surface area contributed by atoms with Crippen molar-refractivity contribution in [2.45, 2.75) is 13.3 Å². The van der Waals surface area contributed by atoms with Crippen molar-refractivity contribution in [3.8, 4) is 0 Å². The molecule has 0 aromatic carbocycles. The van der Waals surface area contributed by atoms with Crippen molar-refractivity contribution in [3.63, 3.8) is 0 Å². The fourth-order valence-corrected chi connectivity index (χ4v) is 2.19. The summed E-state index contributed by atoms with van der Waals surface area (Å²) in [5.74, 6) is -0.118. The Hall–Kier alpha value is -1.89. The summed E-state index contributed by atoms with van der Waals surface area (Å²) in [6.07, 6.45) is 0.819. The maximum absolute atomic E-state index is 12.2. The minimum absolute atomic E-state index is 0.0346. The second kappa shape index (κ2) is 6.51. The van der Waals surface area contributed by atoms with Crippen LogP contribution in [-0.4, -0.2) is 71.7 Å². The van der Waals surface area contributed by atoms with Gasteiger partial charge < -0.3 is 14.5 Å². The summed E-state index contributed by atoms with van der Waals surface area (Å²) in [4.78, 5) is 27.4. The predicted octanol–water partition coefficient (Wildman–Crippen LogP) is -0.0971. The number of rotatable bonds is 4. The van der Waals surface area contributed by atoms with Crippen molar-refractivity contribution in [3.05, 3.63) is 17.5 Å². The van der Waals surface area contributed by atoms with E-state index in [-0.39, 0.29) is 18.4 Å². The average molecular weight is 280 g/mol. The molecule has 1 aliphatic heterocycles. The molecule has 0 radical (unpaired) electrons. The molecule has 0 bridgehead atoms. The number of ether oxygens (including phenoxy) is 1. The molecule has 2 heterocycles. The molecule has 0 aliphatic carbocycles. The van der Waals surface area contributed by atoms with Crippen molar-refractivity contribution in [2.24, 2.45) is 0 Å². The first-order valence-corrected chi connectivity index (χ1v) is 6.76. The van der Waals surface area contributed by atoms with Gasteiger partial charge in [0.25, 0.3) is 5.91 Å². The second-order valence-corrected chi connectivity index (χ2v) is 4.74. The Morgan fingerprint density at radius 3 is 2.50 bits per heavy atom. The minimum Gasteiger partial charge on any atom is -0.375 e. The summed E-state index contributed by atoms with van der Waals surface area (Å²) in [5.41, 5.74) is 1.39. The number of carbonyl (C=O) groups excluding carboxylic acids is 2. The van der Waals surface area contributed by atoms with Crippen molar-refractivity contribution >= 4 is 11.8 Å². The van der Waals surface area contributed by atoms with E-state index in [2.05, 4.69) is 10.2 Å². The highest BCUT2D eigenvalue weighted by Crippen LogP contribution is 2.09. The number of aromatic amines is 1. The molecule has 7 nitrogen and oxygen atoms in total. The lowest BCUT2D eigenvalue weighted by Gasteiger charge is -2.34. The maximum Gasteiger partial charge on any atom is 0.274 e. The molecule has 2 rings (SSSR count). The number of aromatic nitrogens is 2. The van der Waals surface area contributed by atoms with E-state index in [4.69, 9.17) is 4.74 Å². The molecule has 7 heteroatoms. The third-order valence-electron chi connectivity index (χ3n) is 3.42. The molecule has 1 aliphatic rings. The largest absolute Gasteiger partial charge is 0.375 e. The first-order chi connectivity index (χ1) is 9.65. The Kier molecular flexibility index (Phi) is 4.73. The number of hydrogen-bond donors (Lipinski definition) is 1. The van der Waals surface area contributed by atoms with Gasteiger partial charge in [0.05, 0.1) is 0 Å². The van der Waals surface area contributed by atoms with E-state index in [1.807, 2.05) is 6.92 Å². The van der Waals surface area contributed by atoms with Crippen LogP contribution in [0.2, 0.25) is 0 Å². The van der Waals surface area contributed by atoms with Gasteiger partial charge in [-0.2, -0.15) is 5.10 Å². The quantitative estimate of drug-likeness (QED) is 0.835. The number of amides is 2. The van der Waals surface area contributed by atoms with Gasteiger partial charge in [-0.1, -0.05) is 6.92 Å². The molecule has 0 saturated carbocycles. The minimum atomic E-state index is -0.0835. The van der Waals surface area contributed by atoms with Crippen molar-refractivity contribution < 1.29 is 14.3 Å². The number of nitrogens with zero attached hydrogens (tertiary/aromatic N) is 3. The van der Waals surface area contributed by atoms with E-state index in [1.54, 1.807) is 15.9 Å². The SMILES string of the molecule is CCc1cc(C(=O)N2CCN(C(=O)COC)CC2)n[nH]1. The summed E-state index contributed by atoms with van der Waals surface area (Å²) in [6, 6.07) is 1.78. The smallest absolute Gasteiger partial charge is 0.274 e. The van der Waals surface area contributed by atoms with Crippen molar-refractivity contribution in [2.75, 3.05) is 39.9 Å². The van der Waals surface area contributed by atoms with Crippen LogP contribution in [0.4, 0.5) is 0 Å². The molecule has 20 heavy (non-hydrogen) atoms. The van der Waals surface area contributed by atoms with Gasteiger partial charge in [0, 0.05) is 39.0 Å². The van der Waals surface area contributed by atoms with Crippen LogP contribution >= 0.6 is 0 Å². The standard InChI is InChI=1S/C13H20N4O3/c1-3-10-8-11(15-14-10)13(19)17-6-4-16(5-7-17)12(18)9-20-2/h8H,3-7,9H2,1-2H3,(H,14,15). The fourth-order valence-electron chi connectivity index (χ4n) is 2.19. The van der Waals surface area contributed by atoms with Gasteiger partial charge in [-0.05, 0) is 12.5 Å². The normalized spacial score (nSPS) is 15.5. The van der Waals surface area contributed by atoms with Gasteiger partial charge in [-0.3, -0.25) is 14.7 Å². The highest BCUT2D eigenvalue weighted by atomic mass is 16.5. The summed E-state index contributed by atoms with van der Waals surface area (Å²) in [5, 5.41) is 6.87. The molecule has 0 spiro atoms. The first-order valence-electron chi connectivity index (χ1n) is 6.76. The van der Waals surface area contributed by atoms with Gasteiger partial charge in [-0.15, -0.1) is 0 Å². The molecule has 1 aromatic heterocycles. The zero-order valence-corrected chi connectivity index (χ0v) is 11.9. The Morgan fingerprint density at radius 2 is 1.95 bits per heavy atom. The zero-order valence-electron chi connectivity index (χ0n) is 11.9. The summed E-state index contributed by atoms with van der Waals surface area (Å²) in [7, 11) is 1.50. The highest BCUT2D eigenvalue weighted by molar-refractivity contribution is 5.92. The number of methoxy groups -OCH3 is 1. The van der Waals surface area contributed by atoms with E-state index in [0.717, 1.165) is 12.1 Å². The molecule has 2 amide bonds. The molecule has 1 aromatic rings. The Morgan fingerprint density at radius 1 is 1.30 bits per heavy atom. The molecule has 0 unspecified atom stereocenters.